The van der Waals surface area contributed by atoms with Crippen LogP contribution in [0.2, 0.25) is 0 Å². The van der Waals surface area contributed by atoms with Crippen molar-refractivity contribution in [2.24, 2.45) is 5.73 Å². The lowest BCUT2D eigenvalue weighted by molar-refractivity contribution is 0.254. The molecule has 1 atom stereocenters. The van der Waals surface area contributed by atoms with Crippen molar-refractivity contribution < 1.29 is 0 Å². The van der Waals surface area contributed by atoms with E-state index in [9.17, 15) is 0 Å². The highest BCUT2D eigenvalue weighted by atomic mass is 32.2. The van der Waals surface area contributed by atoms with Crippen LogP contribution in [0, 0.1) is 0 Å². The summed E-state index contributed by atoms with van der Waals surface area (Å²) in [5.41, 5.74) is 7.90. The van der Waals surface area contributed by atoms with Crippen molar-refractivity contribution in [1.29, 1.82) is 0 Å². The average Bonchev–Trinajstić information content (AvgIpc) is 2.82. The van der Waals surface area contributed by atoms with Crippen LogP contribution in [-0.2, 0) is 6.54 Å². The van der Waals surface area contributed by atoms with Crippen LogP contribution < -0.4 is 5.73 Å². The largest absolute Gasteiger partial charge is 0.389 e. The van der Waals surface area contributed by atoms with Gasteiger partial charge in [-0.1, -0.05) is 30.4 Å². The van der Waals surface area contributed by atoms with Gasteiger partial charge in [-0.15, -0.1) is 0 Å². The molecular formula is C13H18N2S2. The lowest BCUT2D eigenvalue weighted by Crippen LogP contribution is -2.30. The second kappa shape index (κ2) is 5.85. The van der Waals surface area contributed by atoms with Crippen LogP contribution in [-0.4, -0.2) is 34.5 Å². The van der Waals surface area contributed by atoms with Crippen LogP contribution in [0.5, 0.6) is 0 Å². The van der Waals surface area contributed by atoms with E-state index in [2.05, 4.69) is 24.1 Å². The van der Waals surface area contributed by atoms with Crippen molar-refractivity contribution in [3.05, 3.63) is 35.4 Å². The maximum atomic E-state index is 5.65. The standard InChI is InChI=1S/C13H18N2S2/c1-15(12-5-6-17-9-12)8-10-3-2-4-11(7-10)13(14)16/h2-4,7,12H,5-6,8-9H2,1H3,(H2,14,16). The van der Waals surface area contributed by atoms with Crippen molar-refractivity contribution >= 4 is 29.0 Å². The molecule has 2 nitrogen and oxygen atoms in total. The van der Waals surface area contributed by atoms with Gasteiger partial charge in [-0.05, 0) is 30.9 Å². The Labute approximate surface area is 113 Å². The van der Waals surface area contributed by atoms with E-state index in [0.29, 0.717) is 11.0 Å². The highest BCUT2D eigenvalue weighted by Crippen LogP contribution is 2.22. The molecule has 92 valence electrons. The maximum absolute atomic E-state index is 5.65. The van der Waals surface area contributed by atoms with Gasteiger partial charge >= 0.3 is 0 Å². The predicted molar refractivity (Wildman–Crippen MR) is 79.5 cm³/mol. The Morgan fingerprint density at radius 1 is 1.59 bits per heavy atom. The second-order valence-electron chi connectivity index (χ2n) is 4.50. The minimum absolute atomic E-state index is 0.478. The molecule has 2 N–H and O–H groups in total. The van der Waals surface area contributed by atoms with E-state index >= 15 is 0 Å². The fraction of sp³-hybridized carbons (Fsp3) is 0.462. The van der Waals surface area contributed by atoms with E-state index < -0.39 is 0 Å². The zero-order valence-corrected chi connectivity index (χ0v) is 11.7. The zero-order valence-electron chi connectivity index (χ0n) is 10.1. The van der Waals surface area contributed by atoms with Gasteiger partial charge in [-0.2, -0.15) is 11.8 Å². The van der Waals surface area contributed by atoms with Crippen LogP contribution in [0.3, 0.4) is 0 Å². The molecule has 1 saturated heterocycles. The molecule has 1 unspecified atom stereocenters. The first-order valence-electron chi connectivity index (χ1n) is 5.83. The van der Waals surface area contributed by atoms with Crippen molar-refractivity contribution in [3.63, 3.8) is 0 Å². The van der Waals surface area contributed by atoms with E-state index in [0.717, 1.165) is 12.1 Å². The van der Waals surface area contributed by atoms with Crippen LogP contribution in [0.1, 0.15) is 17.5 Å². The highest BCUT2D eigenvalue weighted by Gasteiger charge is 2.19. The van der Waals surface area contributed by atoms with Crippen LogP contribution >= 0.6 is 24.0 Å². The summed E-state index contributed by atoms with van der Waals surface area (Å²) in [6.07, 6.45) is 1.30. The summed E-state index contributed by atoms with van der Waals surface area (Å²) in [6, 6.07) is 8.95. The number of thioether (sulfide) groups is 1. The molecule has 0 bridgehead atoms. The van der Waals surface area contributed by atoms with E-state index in [-0.39, 0.29) is 0 Å². The molecule has 4 heteroatoms. The second-order valence-corrected chi connectivity index (χ2v) is 6.09. The van der Waals surface area contributed by atoms with Crippen molar-refractivity contribution in [3.8, 4) is 0 Å². The SMILES string of the molecule is CN(Cc1cccc(C(N)=S)c1)C1CCSC1. The number of hydrogen-bond acceptors (Lipinski definition) is 3. The third kappa shape index (κ3) is 3.44. The fourth-order valence-electron chi connectivity index (χ4n) is 2.11. The van der Waals surface area contributed by atoms with Gasteiger partial charge in [0.2, 0.25) is 0 Å². The molecule has 0 aromatic heterocycles. The molecule has 1 heterocycles. The van der Waals surface area contributed by atoms with Crippen molar-refractivity contribution in [2.45, 2.75) is 19.0 Å². The molecule has 0 spiro atoms. The molecular weight excluding hydrogens is 248 g/mol. The van der Waals surface area contributed by atoms with E-state index in [1.54, 1.807) is 0 Å². The summed E-state index contributed by atoms with van der Waals surface area (Å²) in [5.74, 6) is 2.55. The minimum Gasteiger partial charge on any atom is -0.389 e. The Bertz CT molecular complexity index is 400. The molecule has 0 radical (unpaired) electrons. The number of rotatable bonds is 4. The maximum Gasteiger partial charge on any atom is 0.103 e. The summed E-state index contributed by atoms with van der Waals surface area (Å²) in [6.45, 7) is 0.974. The van der Waals surface area contributed by atoms with Crippen molar-refractivity contribution in [1.82, 2.24) is 4.90 Å². The summed E-state index contributed by atoms with van der Waals surface area (Å²) in [7, 11) is 2.20. The molecule has 1 aliphatic heterocycles. The Balaban J connectivity index is 2.02. The lowest BCUT2D eigenvalue weighted by Gasteiger charge is -2.23. The number of hydrogen-bond donors (Lipinski definition) is 1. The normalized spacial score (nSPS) is 19.8. The van der Waals surface area contributed by atoms with Gasteiger partial charge in [0.1, 0.15) is 4.99 Å². The number of benzene rings is 1. The fourth-order valence-corrected chi connectivity index (χ4v) is 3.54. The van der Waals surface area contributed by atoms with Crippen LogP contribution in [0.4, 0.5) is 0 Å². The molecule has 1 fully saturated rings. The quantitative estimate of drug-likeness (QED) is 0.847. The first-order valence-corrected chi connectivity index (χ1v) is 7.40. The summed E-state index contributed by atoms with van der Waals surface area (Å²) in [5, 5.41) is 0. The van der Waals surface area contributed by atoms with E-state index in [4.69, 9.17) is 18.0 Å². The van der Waals surface area contributed by atoms with Gasteiger partial charge in [0.25, 0.3) is 0 Å². The molecule has 1 aromatic rings. The van der Waals surface area contributed by atoms with Gasteiger partial charge < -0.3 is 5.73 Å². The summed E-state index contributed by atoms with van der Waals surface area (Å²) < 4.78 is 0. The van der Waals surface area contributed by atoms with E-state index in [1.165, 1.54) is 23.5 Å². The van der Waals surface area contributed by atoms with Gasteiger partial charge in [-0.3, -0.25) is 4.90 Å². The Morgan fingerprint density at radius 3 is 3.06 bits per heavy atom. The van der Waals surface area contributed by atoms with Gasteiger partial charge in [0.15, 0.2) is 0 Å². The number of nitrogens with two attached hydrogens (primary N) is 1. The molecule has 0 amide bonds. The first kappa shape index (κ1) is 12.9. The zero-order chi connectivity index (χ0) is 12.3. The monoisotopic (exact) mass is 266 g/mol. The van der Waals surface area contributed by atoms with Gasteiger partial charge in [-0.25, -0.2) is 0 Å². The Kier molecular flexibility index (Phi) is 4.42. The Hall–Kier alpha value is -0.580. The molecule has 2 rings (SSSR count). The molecule has 1 aromatic carbocycles. The van der Waals surface area contributed by atoms with Crippen molar-refractivity contribution in [2.75, 3.05) is 18.6 Å². The number of nitrogens with zero attached hydrogens (tertiary/aromatic N) is 1. The van der Waals surface area contributed by atoms with Gasteiger partial charge in [0, 0.05) is 23.9 Å². The third-order valence-corrected chi connectivity index (χ3v) is 4.55. The predicted octanol–water partition coefficient (Wildman–Crippen LogP) is 2.26. The third-order valence-electron chi connectivity index (χ3n) is 3.17. The lowest BCUT2D eigenvalue weighted by atomic mass is 10.1. The summed E-state index contributed by atoms with van der Waals surface area (Å²) >= 11 is 7.05. The van der Waals surface area contributed by atoms with E-state index in [1.807, 2.05) is 23.9 Å². The number of thiocarbonyl (C=S) groups is 1. The topological polar surface area (TPSA) is 29.3 Å². The van der Waals surface area contributed by atoms with Crippen LogP contribution in [0.25, 0.3) is 0 Å². The molecule has 0 aliphatic carbocycles. The smallest absolute Gasteiger partial charge is 0.103 e. The van der Waals surface area contributed by atoms with Gasteiger partial charge in [0.05, 0.1) is 0 Å². The van der Waals surface area contributed by atoms with Crippen LogP contribution in [0.15, 0.2) is 24.3 Å². The average molecular weight is 266 g/mol. The highest BCUT2D eigenvalue weighted by molar-refractivity contribution is 7.99. The first-order chi connectivity index (χ1) is 8.16. The molecule has 0 saturated carbocycles. The Morgan fingerprint density at radius 2 is 2.41 bits per heavy atom. The minimum atomic E-state index is 0.478. The molecule has 1 aliphatic rings. The summed E-state index contributed by atoms with van der Waals surface area (Å²) in [4.78, 5) is 2.91. The molecule has 17 heavy (non-hydrogen) atoms.